The second-order valence-corrected chi connectivity index (χ2v) is 5.68. The molecule has 1 fully saturated rings. The smallest absolute Gasteiger partial charge is 0.140 e. The molecule has 0 bridgehead atoms. The van der Waals surface area contributed by atoms with E-state index in [2.05, 4.69) is 9.35 Å². The predicted molar refractivity (Wildman–Crippen MR) is 53.5 cm³/mol. The van der Waals surface area contributed by atoms with Gasteiger partial charge in [-0.15, -0.1) is 0 Å². The van der Waals surface area contributed by atoms with Gasteiger partial charge < -0.3 is 0 Å². The summed E-state index contributed by atoms with van der Waals surface area (Å²) in [4.78, 5) is 3.86. The Bertz CT molecular complexity index is 482. The zero-order valence-electron chi connectivity index (χ0n) is 7.51. The van der Waals surface area contributed by atoms with Gasteiger partial charge in [0.25, 0.3) is 0 Å². The zero-order valence-corrected chi connectivity index (χ0v) is 8.33. The van der Waals surface area contributed by atoms with Crippen LogP contribution in [0.4, 0.5) is 5.69 Å². The zero-order chi connectivity index (χ0) is 10.0. The standard InChI is InChI=1S/C9H9N3OS/c10-6-8-2-3-9(7-11-8)12-14(13)4-1-5-14/h2-3,7H,1,4-5H2. The molecule has 0 radical (unpaired) electrons. The van der Waals surface area contributed by atoms with Gasteiger partial charge >= 0.3 is 0 Å². The van der Waals surface area contributed by atoms with Crippen LogP contribution in [0.15, 0.2) is 22.7 Å². The van der Waals surface area contributed by atoms with Crippen molar-refractivity contribution < 1.29 is 4.21 Å². The number of rotatable bonds is 1. The second-order valence-electron chi connectivity index (χ2n) is 3.14. The number of pyridine rings is 1. The van der Waals surface area contributed by atoms with E-state index in [-0.39, 0.29) is 0 Å². The van der Waals surface area contributed by atoms with Crippen LogP contribution >= 0.6 is 0 Å². The fraction of sp³-hybridized carbons (Fsp3) is 0.333. The first-order valence-corrected chi connectivity index (χ1v) is 6.16. The molecule has 1 aromatic heterocycles. The molecular formula is C9H9N3OS. The fourth-order valence-corrected chi connectivity index (χ4v) is 2.64. The highest BCUT2D eigenvalue weighted by atomic mass is 32.2. The van der Waals surface area contributed by atoms with E-state index >= 15 is 0 Å². The van der Waals surface area contributed by atoms with Crippen molar-refractivity contribution in [2.45, 2.75) is 6.42 Å². The van der Waals surface area contributed by atoms with Crippen LogP contribution in [0.5, 0.6) is 0 Å². The molecule has 0 unspecified atom stereocenters. The summed E-state index contributed by atoms with van der Waals surface area (Å²) in [5, 5.41) is 8.52. The molecule has 0 atom stereocenters. The van der Waals surface area contributed by atoms with Crippen LogP contribution in [-0.4, -0.2) is 20.7 Å². The molecular weight excluding hydrogens is 198 g/mol. The Hall–Kier alpha value is -1.41. The lowest BCUT2D eigenvalue weighted by atomic mass is 10.3. The molecule has 14 heavy (non-hydrogen) atoms. The molecule has 0 N–H and O–H groups in total. The molecule has 1 aromatic rings. The lowest BCUT2D eigenvalue weighted by molar-refractivity contribution is 0.663. The van der Waals surface area contributed by atoms with E-state index in [1.807, 2.05) is 6.07 Å². The SMILES string of the molecule is N#Cc1ccc(N=S2(=O)CCC2)cn1. The minimum atomic E-state index is -1.96. The van der Waals surface area contributed by atoms with Crippen molar-refractivity contribution >= 4 is 15.4 Å². The first-order valence-electron chi connectivity index (χ1n) is 4.30. The number of hydrogen-bond donors (Lipinski definition) is 0. The number of nitriles is 1. The quantitative estimate of drug-likeness (QED) is 0.700. The van der Waals surface area contributed by atoms with Gasteiger partial charge in [-0.1, -0.05) is 0 Å². The minimum Gasteiger partial charge on any atom is -0.249 e. The molecule has 0 spiro atoms. The molecule has 1 aliphatic rings. The average Bonchev–Trinajstić information content (AvgIpc) is 2.17. The van der Waals surface area contributed by atoms with Crippen molar-refractivity contribution in [2.75, 3.05) is 11.5 Å². The molecule has 5 heteroatoms. The summed E-state index contributed by atoms with van der Waals surface area (Å²) in [6, 6.07) is 5.18. The van der Waals surface area contributed by atoms with Gasteiger partial charge in [0.2, 0.25) is 0 Å². The summed E-state index contributed by atoms with van der Waals surface area (Å²) in [6.45, 7) is 0. The van der Waals surface area contributed by atoms with Gasteiger partial charge in [-0.25, -0.2) is 9.19 Å². The fourth-order valence-electron chi connectivity index (χ4n) is 1.18. The molecule has 2 heterocycles. The second kappa shape index (κ2) is 3.39. The molecule has 0 aromatic carbocycles. The van der Waals surface area contributed by atoms with Crippen molar-refractivity contribution in [3.05, 3.63) is 24.0 Å². The average molecular weight is 207 g/mol. The summed E-state index contributed by atoms with van der Waals surface area (Å²) in [5.41, 5.74) is 0.959. The van der Waals surface area contributed by atoms with Gasteiger partial charge in [0.15, 0.2) is 0 Å². The van der Waals surface area contributed by atoms with Crippen LogP contribution in [0.2, 0.25) is 0 Å². The molecule has 0 aliphatic carbocycles. The third kappa shape index (κ3) is 1.75. The van der Waals surface area contributed by atoms with E-state index < -0.39 is 9.73 Å². The molecule has 0 amide bonds. The Morgan fingerprint density at radius 3 is 2.71 bits per heavy atom. The molecule has 0 saturated carbocycles. The Morgan fingerprint density at radius 2 is 2.29 bits per heavy atom. The Balaban J connectivity index is 2.31. The Morgan fingerprint density at radius 1 is 1.50 bits per heavy atom. The summed E-state index contributed by atoms with van der Waals surface area (Å²) >= 11 is 0. The van der Waals surface area contributed by atoms with Crippen LogP contribution in [0.1, 0.15) is 12.1 Å². The molecule has 2 rings (SSSR count). The van der Waals surface area contributed by atoms with Crippen LogP contribution in [-0.2, 0) is 9.73 Å². The van der Waals surface area contributed by atoms with Gasteiger partial charge in [-0.2, -0.15) is 9.62 Å². The normalized spacial score (nSPS) is 17.9. The van der Waals surface area contributed by atoms with Crippen molar-refractivity contribution in [3.8, 4) is 6.07 Å². The lowest BCUT2D eigenvalue weighted by Gasteiger charge is -2.17. The first-order chi connectivity index (χ1) is 6.72. The maximum absolute atomic E-state index is 11.7. The highest BCUT2D eigenvalue weighted by molar-refractivity contribution is 7.95. The monoisotopic (exact) mass is 207 g/mol. The number of aromatic nitrogens is 1. The van der Waals surface area contributed by atoms with Crippen molar-refractivity contribution in [1.29, 1.82) is 5.26 Å². The largest absolute Gasteiger partial charge is 0.249 e. The van der Waals surface area contributed by atoms with Crippen molar-refractivity contribution in [2.24, 2.45) is 4.36 Å². The van der Waals surface area contributed by atoms with Gasteiger partial charge in [0.1, 0.15) is 11.8 Å². The van der Waals surface area contributed by atoms with E-state index in [4.69, 9.17) is 5.26 Å². The molecule has 1 saturated heterocycles. The van der Waals surface area contributed by atoms with Crippen LogP contribution in [0.25, 0.3) is 0 Å². The van der Waals surface area contributed by atoms with Crippen molar-refractivity contribution in [1.82, 2.24) is 4.98 Å². The Labute approximate surface area is 82.8 Å². The van der Waals surface area contributed by atoms with Crippen LogP contribution < -0.4 is 0 Å². The van der Waals surface area contributed by atoms with Gasteiger partial charge in [0, 0.05) is 11.5 Å². The predicted octanol–water partition coefficient (Wildman–Crippen LogP) is 1.46. The van der Waals surface area contributed by atoms with E-state index in [1.54, 1.807) is 12.1 Å². The topological polar surface area (TPSA) is 66.1 Å². The van der Waals surface area contributed by atoms with Crippen molar-refractivity contribution in [3.63, 3.8) is 0 Å². The van der Waals surface area contributed by atoms with E-state index in [0.717, 1.165) is 6.42 Å². The maximum atomic E-state index is 11.7. The summed E-state index contributed by atoms with van der Waals surface area (Å²) < 4.78 is 15.8. The summed E-state index contributed by atoms with van der Waals surface area (Å²) in [7, 11) is -1.96. The third-order valence-electron chi connectivity index (χ3n) is 2.06. The van der Waals surface area contributed by atoms with Gasteiger partial charge in [-0.05, 0) is 18.6 Å². The number of hydrogen-bond acceptors (Lipinski definition) is 4. The van der Waals surface area contributed by atoms with Gasteiger partial charge in [-0.3, -0.25) is 0 Å². The number of nitrogens with zero attached hydrogens (tertiary/aromatic N) is 3. The molecule has 72 valence electrons. The van der Waals surface area contributed by atoms with E-state index in [1.165, 1.54) is 6.20 Å². The summed E-state index contributed by atoms with van der Waals surface area (Å²) in [5.74, 6) is 1.38. The lowest BCUT2D eigenvalue weighted by Crippen LogP contribution is -2.22. The first kappa shape index (κ1) is 9.16. The summed E-state index contributed by atoms with van der Waals surface area (Å²) in [6.07, 6.45) is 2.48. The highest BCUT2D eigenvalue weighted by Gasteiger charge is 2.18. The Kier molecular flexibility index (Phi) is 2.22. The van der Waals surface area contributed by atoms with Crippen LogP contribution in [0, 0.1) is 11.3 Å². The van der Waals surface area contributed by atoms with Crippen LogP contribution in [0.3, 0.4) is 0 Å². The van der Waals surface area contributed by atoms with E-state index in [9.17, 15) is 4.21 Å². The minimum absolute atomic E-state index is 0.354. The molecule has 1 aliphatic heterocycles. The van der Waals surface area contributed by atoms with E-state index in [0.29, 0.717) is 22.9 Å². The van der Waals surface area contributed by atoms with Gasteiger partial charge in [0.05, 0.1) is 21.6 Å². The highest BCUT2D eigenvalue weighted by Crippen LogP contribution is 2.20. The molecule has 4 nitrogen and oxygen atoms in total. The third-order valence-corrected chi connectivity index (χ3v) is 4.46. The maximum Gasteiger partial charge on any atom is 0.140 e.